The summed E-state index contributed by atoms with van der Waals surface area (Å²) >= 11 is 1.74. The predicted molar refractivity (Wildman–Crippen MR) is 86.2 cm³/mol. The van der Waals surface area contributed by atoms with Crippen LogP contribution in [-0.2, 0) is 0 Å². The summed E-state index contributed by atoms with van der Waals surface area (Å²) in [5.74, 6) is 0.526. The molecule has 2 unspecified atom stereocenters. The Morgan fingerprint density at radius 3 is 2.25 bits per heavy atom. The Labute approximate surface area is 125 Å². The zero-order valence-corrected chi connectivity index (χ0v) is 13.2. The molecule has 2 atom stereocenters. The number of benzene rings is 1. The van der Waals surface area contributed by atoms with E-state index in [1.807, 2.05) is 12.1 Å². The van der Waals surface area contributed by atoms with Crippen LogP contribution in [-0.4, -0.2) is 11.7 Å². The summed E-state index contributed by atoms with van der Waals surface area (Å²) in [6.07, 6.45) is -0.460. The quantitative estimate of drug-likeness (QED) is 0.833. The van der Waals surface area contributed by atoms with Gasteiger partial charge in [-0.15, -0.1) is 11.3 Å². The van der Waals surface area contributed by atoms with Crippen LogP contribution in [0.15, 0.2) is 41.8 Å². The summed E-state index contributed by atoms with van der Waals surface area (Å²) in [6.45, 7) is 7.05. The molecule has 0 saturated carbocycles. The second-order valence-electron chi connectivity index (χ2n) is 5.48. The lowest BCUT2D eigenvalue weighted by atomic mass is 10.00. The van der Waals surface area contributed by atoms with E-state index in [4.69, 9.17) is 0 Å². The molecule has 1 aromatic heterocycles. The van der Waals surface area contributed by atoms with E-state index in [0.29, 0.717) is 12.5 Å². The van der Waals surface area contributed by atoms with Crippen LogP contribution < -0.4 is 5.32 Å². The third kappa shape index (κ3) is 3.92. The fourth-order valence-electron chi connectivity index (χ4n) is 2.15. The lowest BCUT2D eigenvalue weighted by Gasteiger charge is -2.17. The van der Waals surface area contributed by atoms with E-state index in [1.54, 1.807) is 11.3 Å². The molecule has 3 heteroatoms. The highest BCUT2D eigenvalue weighted by Crippen LogP contribution is 2.21. The van der Waals surface area contributed by atoms with Gasteiger partial charge in [-0.1, -0.05) is 44.2 Å². The first-order valence-corrected chi connectivity index (χ1v) is 8.00. The molecule has 2 N–H and O–H groups in total. The normalized spacial score (nSPS) is 14.4. The number of hydrogen-bond acceptors (Lipinski definition) is 3. The van der Waals surface area contributed by atoms with Gasteiger partial charge in [0.25, 0.3) is 0 Å². The van der Waals surface area contributed by atoms with Gasteiger partial charge in [-0.2, -0.15) is 0 Å². The fourth-order valence-corrected chi connectivity index (χ4v) is 2.91. The third-order valence-electron chi connectivity index (χ3n) is 3.58. The van der Waals surface area contributed by atoms with Gasteiger partial charge in [-0.3, -0.25) is 0 Å². The van der Waals surface area contributed by atoms with E-state index in [2.05, 4.69) is 55.7 Å². The highest BCUT2D eigenvalue weighted by molar-refractivity contribution is 7.10. The van der Waals surface area contributed by atoms with Crippen LogP contribution >= 0.6 is 11.3 Å². The number of thiophene rings is 1. The molecule has 0 aliphatic heterocycles. The van der Waals surface area contributed by atoms with Crippen LogP contribution in [0.4, 0.5) is 0 Å². The minimum absolute atomic E-state index is 0.277. The summed E-state index contributed by atoms with van der Waals surface area (Å²) in [4.78, 5) is 1.30. The summed E-state index contributed by atoms with van der Waals surface area (Å²) in [5.41, 5.74) is 2.28. The van der Waals surface area contributed by atoms with Crippen molar-refractivity contribution in [1.82, 2.24) is 5.32 Å². The Bertz CT molecular complexity index is 504. The predicted octanol–water partition coefficient (Wildman–Crippen LogP) is 4.26. The molecule has 1 heterocycles. The van der Waals surface area contributed by atoms with E-state index in [1.165, 1.54) is 10.4 Å². The SMILES string of the molecule is CC(C)c1ccc(C(O)CNC(C)c2cccs2)cc1. The lowest BCUT2D eigenvalue weighted by molar-refractivity contribution is 0.171. The number of nitrogens with one attached hydrogen (secondary N) is 1. The maximum atomic E-state index is 10.2. The summed E-state index contributed by atoms with van der Waals surface area (Å²) in [7, 11) is 0. The summed E-state index contributed by atoms with van der Waals surface area (Å²) in [6, 6.07) is 12.7. The van der Waals surface area contributed by atoms with E-state index >= 15 is 0 Å². The monoisotopic (exact) mass is 289 g/mol. The Morgan fingerprint density at radius 1 is 1.05 bits per heavy atom. The summed E-state index contributed by atoms with van der Waals surface area (Å²) in [5, 5.41) is 15.7. The van der Waals surface area contributed by atoms with E-state index in [-0.39, 0.29) is 6.04 Å². The van der Waals surface area contributed by atoms with Crippen LogP contribution in [0.1, 0.15) is 54.8 Å². The van der Waals surface area contributed by atoms with E-state index in [0.717, 1.165) is 5.56 Å². The average Bonchev–Trinajstić information content (AvgIpc) is 2.98. The molecule has 2 rings (SSSR count). The van der Waals surface area contributed by atoms with Gasteiger partial charge in [0.2, 0.25) is 0 Å². The molecule has 0 bridgehead atoms. The van der Waals surface area contributed by atoms with Crippen molar-refractivity contribution in [3.05, 3.63) is 57.8 Å². The molecular weight excluding hydrogens is 266 g/mol. The molecule has 2 aromatic rings. The van der Waals surface area contributed by atoms with Crippen molar-refractivity contribution < 1.29 is 5.11 Å². The van der Waals surface area contributed by atoms with E-state index < -0.39 is 6.10 Å². The summed E-state index contributed by atoms with van der Waals surface area (Å²) < 4.78 is 0. The van der Waals surface area contributed by atoms with Crippen LogP contribution in [0, 0.1) is 0 Å². The first-order chi connectivity index (χ1) is 9.58. The van der Waals surface area contributed by atoms with Crippen LogP contribution in [0.2, 0.25) is 0 Å². The molecule has 0 amide bonds. The third-order valence-corrected chi connectivity index (χ3v) is 4.63. The Kier molecular flexibility index (Phi) is 5.35. The fraction of sp³-hybridized carbons (Fsp3) is 0.412. The van der Waals surface area contributed by atoms with Gasteiger partial charge in [0.05, 0.1) is 6.10 Å². The van der Waals surface area contributed by atoms with Crippen LogP contribution in [0.25, 0.3) is 0 Å². The molecule has 1 aromatic carbocycles. The van der Waals surface area contributed by atoms with E-state index in [9.17, 15) is 5.11 Å². The van der Waals surface area contributed by atoms with Gasteiger partial charge in [0.1, 0.15) is 0 Å². The van der Waals surface area contributed by atoms with Gasteiger partial charge in [0, 0.05) is 17.5 Å². The zero-order valence-electron chi connectivity index (χ0n) is 12.3. The molecule has 0 aliphatic carbocycles. The van der Waals surface area contributed by atoms with Crippen molar-refractivity contribution in [1.29, 1.82) is 0 Å². The highest BCUT2D eigenvalue weighted by atomic mass is 32.1. The van der Waals surface area contributed by atoms with Crippen molar-refractivity contribution >= 4 is 11.3 Å². The molecule has 0 saturated heterocycles. The molecule has 20 heavy (non-hydrogen) atoms. The topological polar surface area (TPSA) is 32.3 Å². The van der Waals surface area contributed by atoms with Crippen molar-refractivity contribution in [2.45, 2.75) is 38.8 Å². The van der Waals surface area contributed by atoms with Crippen LogP contribution in [0.3, 0.4) is 0 Å². The minimum atomic E-state index is -0.460. The second kappa shape index (κ2) is 7.02. The molecule has 0 fully saturated rings. The lowest BCUT2D eigenvalue weighted by Crippen LogP contribution is -2.24. The average molecular weight is 289 g/mol. The Balaban J connectivity index is 1.89. The largest absolute Gasteiger partial charge is 0.387 e. The zero-order chi connectivity index (χ0) is 14.5. The van der Waals surface area contributed by atoms with Gasteiger partial charge in [-0.05, 0) is 35.4 Å². The Hall–Kier alpha value is -1.16. The molecule has 2 nitrogen and oxygen atoms in total. The number of aliphatic hydroxyl groups is 1. The van der Waals surface area contributed by atoms with Gasteiger partial charge in [-0.25, -0.2) is 0 Å². The maximum absolute atomic E-state index is 10.2. The number of hydrogen-bond donors (Lipinski definition) is 2. The Morgan fingerprint density at radius 2 is 1.70 bits per heavy atom. The smallest absolute Gasteiger partial charge is 0.0914 e. The van der Waals surface area contributed by atoms with Crippen molar-refractivity contribution in [2.75, 3.05) is 6.54 Å². The second-order valence-corrected chi connectivity index (χ2v) is 6.46. The van der Waals surface area contributed by atoms with Crippen molar-refractivity contribution in [3.63, 3.8) is 0 Å². The minimum Gasteiger partial charge on any atom is -0.387 e. The van der Waals surface area contributed by atoms with Gasteiger partial charge in [0.15, 0.2) is 0 Å². The van der Waals surface area contributed by atoms with Crippen molar-refractivity contribution in [3.8, 4) is 0 Å². The maximum Gasteiger partial charge on any atom is 0.0914 e. The first-order valence-electron chi connectivity index (χ1n) is 7.12. The van der Waals surface area contributed by atoms with Gasteiger partial charge >= 0.3 is 0 Å². The van der Waals surface area contributed by atoms with Crippen molar-refractivity contribution in [2.24, 2.45) is 0 Å². The highest BCUT2D eigenvalue weighted by Gasteiger charge is 2.11. The molecule has 0 aliphatic rings. The molecular formula is C17H23NOS. The molecule has 0 spiro atoms. The number of aliphatic hydroxyl groups excluding tert-OH is 1. The number of rotatable bonds is 6. The molecule has 0 radical (unpaired) electrons. The van der Waals surface area contributed by atoms with Crippen LogP contribution in [0.5, 0.6) is 0 Å². The first kappa shape index (κ1) is 15.2. The molecule has 108 valence electrons. The standard InChI is InChI=1S/C17H23NOS/c1-12(2)14-6-8-15(9-7-14)16(19)11-18-13(3)17-5-4-10-20-17/h4-10,12-13,16,18-19H,11H2,1-3H3. The van der Waals surface area contributed by atoms with Gasteiger partial charge < -0.3 is 10.4 Å².